The molecule has 25 heavy (non-hydrogen) atoms. The summed E-state index contributed by atoms with van der Waals surface area (Å²) in [6.45, 7) is 10.5. The summed E-state index contributed by atoms with van der Waals surface area (Å²) < 4.78 is 18.0. The highest BCUT2D eigenvalue weighted by Crippen LogP contribution is 2.52. The summed E-state index contributed by atoms with van der Waals surface area (Å²) in [5.41, 5.74) is 0.484. The first kappa shape index (κ1) is 19.3. The van der Waals surface area contributed by atoms with Gasteiger partial charge in [0.15, 0.2) is 0 Å². The van der Waals surface area contributed by atoms with Crippen molar-refractivity contribution in [2.45, 2.75) is 58.9 Å². The Hall–Kier alpha value is -0.423. The molecule has 4 aliphatic carbocycles. The van der Waals surface area contributed by atoms with Gasteiger partial charge < -0.3 is 13.3 Å². The van der Waals surface area contributed by atoms with Gasteiger partial charge >= 0.3 is 8.80 Å². The highest BCUT2D eigenvalue weighted by atomic mass is 28.4. The smallest absolute Gasteiger partial charge is 0.374 e. The van der Waals surface area contributed by atoms with Crippen LogP contribution in [0.2, 0.25) is 5.54 Å². The minimum atomic E-state index is -2.47. The average Bonchev–Trinajstić information content (AvgIpc) is 3.37. The van der Waals surface area contributed by atoms with Gasteiger partial charge in [0.05, 0.1) is 0 Å². The zero-order valence-electron chi connectivity index (χ0n) is 16.4. The molecule has 6 unspecified atom stereocenters. The van der Waals surface area contributed by atoms with Gasteiger partial charge in [-0.1, -0.05) is 31.2 Å². The molecule has 0 aromatic carbocycles. The second-order valence-corrected chi connectivity index (χ2v) is 10.9. The van der Waals surface area contributed by atoms with Crippen molar-refractivity contribution in [2.24, 2.45) is 29.6 Å². The number of hydrogen-bond donors (Lipinski definition) is 0. The molecule has 0 amide bonds. The fourth-order valence-electron chi connectivity index (χ4n) is 5.29. The summed E-state index contributed by atoms with van der Waals surface area (Å²) in [5.74, 6) is 4.27. The van der Waals surface area contributed by atoms with Crippen LogP contribution in [0.25, 0.3) is 0 Å². The fraction of sp³-hybridized carbons (Fsp3) is 0.810. The van der Waals surface area contributed by atoms with Gasteiger partial charge in [-0.2, -0.15) is 0 Å². The Morgan fingerprint density at radius 2 is 1.24 bits per heavy atom. The third-order valence-corrected chi connectivity index (χ3v) is 10.0. The van der Waals surface area contributed by atoms with E-state index in [0.717, 1.165) is 23.7 Å². The lowest BCUT2D eigenvalue weighted by molar-refractivity contribution is 0.0578. The van der Waals surface area contributed by atoms with Crippen molar-refractivity contribution in [2.75, 3.05) is 19.8 Å². The van der Waals surface area contributed by atoms with Crippen LogP contribution in [0.15, 0.2) is 24.3 Å². The van der Waals surface area contributed by atoms with Gasteiger partial charge in [-0.05, 0) is 76.0 Å². The van der Waals surface area contributed by atoms with Crippen molar-refractivity contribution in [3.63, 3.8) is 0 Å². The van der Waals surface area contributed by atoms with Gasteiger partial charge in [-0.15, -0.1) is 0 Å². The molecule has 0 aliphatic heterocycles. The molecule has 4 aliphatic rings. The largest absolute Gasteiger partial charge is 0.504 e. The molecule has 0 saturated heterocycles. The van der Waals surface area contributed by atoms with Gasteiger partial charge in [0.25, 0.3) is 0 Å². The summed E-state index contributed by atoms with van der Waals surface area (Å²) >= 11 is 0. The Morgan fingerprint density at radius 1 is 0.720 bits per heavy atom. The topological polar surface area (TPSA) is 27.7 Å². The van der Waals surface area contributed by atoms with Crippen LogP contribution in [0, 0.1) is 29.6 Å². The van der Waals surface area contributed by atoms with E-state index in [1.807, 2.05) is 20.8 Å². The highest BCUT2D eigenvalue weighted by Gasteiger charge is 2.56. The lowest BCUT2D eigenvalue weighted by Crippen LogP contribution is -2.51. The monoisotopic (exact) mass is 364 g/mol. The maximum absolute atomic E-state index is 6.01. The maximum Gasteiger partial charge on any atom is 0.504 e. The number of allylic oxidation sites excluding steroid dienone is 4. The van der Waals surface area contributed by atoms with Gasteiger partial charge in [-0.25, -0.2) is 0 Å². The van der Waals surface area contributed by atoms with Crippen molar-refractivity contribution in [3.05, 3.63) is 24.3 Å². The molecule has 6 atom stereocenters. The predicted molar refractivity (Wildman–Crippen MR) is 104 cm³/mol. The van der Waals surface area contributed by atoms with E-state index >= 15 is 0 Å². The van der Waals surface area contributed by atoms with Crippen LogP contribution in [0.4, 0.5) is 0 Å². The molecule has 4 heteroatoms. The van der Waals surface area contributed by atoms with Gasteiger partial charge in [0.2, 0.25) is 0 Å². The van der Waals surface area contributed by atoms with Crippen LogP contribution in [-0.4, -0.2) is 28.6 Å². The van der Waals surface area contributed by atoms with Crippen molar-refractivity contribution in [1.29, 1.82) is 0 Å². The zero-order valence-corrected chi connectivity index (χ0v) is 17.4. The Kier molecular flexibility index (Phi) is 6.58. The quantitative estimate of drug-likeness (QED) is 0.458. The fourth-order valence-corrected chi connectivity index (χ4v) is 8.75. The molecule has 4 bridgehead atoms. The number of fused-ring (bicyclic) bond motifs is 4. The van der Waals surface area contributed by atoms with Gasteiger partial charge in [-0.3, -0.25) is 0 Å². The summed E-state index contributed by atoms with van der Waals surface area (Å²) in [6.07, 6.45) is 14.9. The molecular weight excluding hydrogens is 328 g/mol. The Morgan fingerprint density at radius 3 is 1.52 bits per heavy atom. The van der Waals surface area contributed by atoms with Crippen LogP contribution in [0.5, 0.6) is 0 Å². The first-order chi connectivity index (χ1) is 12.1. The van der Waals surface area contributed by atoms with E-state index in [-0.39, 0.29) is 0 Å². The second-order valence-electron chi connectivity index (χ2n) is 8.05. The second kappa shape index (κ2) is 8.51. The van der Waals surface area contributed by atoms with Crippen molar-refractivity contribution in [1.82, 2.24) is 0 Å². The molecule has 0 heterocycles. The third kappa shape index (κ3) is 4.13. The van der Waals surface area contributed by atoms with Crippen LogP contribution in [0.3, 0.4) is 0 Å². The highest BCUT2D eigenvalue weighted by molar-refractivity contribution is 6.62. The van der Waals surface area contributed by atoms with Crippen LogP contribution >= 0.6 is 0 Å². The van der Waals surface area contributed by atoms with Crippen molar-refractivity contribution >= 4 is 8.80 Å². The summed E-state index contributed by atoms with van der Waals surface area (Å²) in [6, 6.07) is 0. The molecular formula is C21H36O3Si. The van der Waals surface area contributed by atoms with Gasteiger partial charge in [0.1, 0.15) is 0 Å². The first-order valence-electron chi connectivity index (χ1n) is 10.4. The van der Waals surface area contributed by atoms with Crippen LogP contribution in [-0.2, 0) is 13.3 Å². The lowest BCUT2D eigenvalue weighted by Gasteiger charge is -2.36. The standard InChI is InChI=1S/C13H24O3Si.C8H12/c1-4-14-17(15-5-2,16-6-3)13-10-11-7-8-12(13)9-11;1-6-4-7-2-3-8(6)5-7/h7-8,11-13H,4-6,9-10H2,1-3H3;2-3,6-8H,4-5H2,1H3. The van der Waals surface area contributed by atoms with E-state index in [9.17, 15) is 0 Å². The van der Waals surface area contributed by atoms with Crippen LogP contribution in [0.1, 0.15) is 53.4 Å². The molecule has 4 rings (SSSR count). The number of rotatable bonds is 7. The summed E-state index contributed by atoms with van der Waals surface area (Å²) in [4.78, 5) is 0. The Balaban J connectivity index is 0.000000188. The first-order valence-corrected chi connectivity index (χ1v) is 12.2. The lowest BCUT2D eigenvalue weighted by atomic mass is 9.96. The molecule has 3 nitrogen and oxygen atoms in total. The Labute approximate surface area is 155 Å². The predicted octanol–water partition coefficient (Wildman–Crippen LogP) is 5.22. The van der Waals surface area contributed by atoms with Crippen LogP contribution < -0.4 is 0 Å². The molecule has 0 spiro atoms. The molecule has 2 fully saturated rings. The SMILES string of the molecule is CC1CC2C=CC1C2.CCO[Si](OCC)(OCC)C1CC2C=CC1C2. The average molecular weight is 365 g/mol. The van der Waals surface area contributed by atoms with E-state index in [4.69, 9.17) is 13.3 Å². The minimum absolute atomic E-state index is 0.484. The van der Waals surface area contributed by atoms with Gasteiger partial charge in [0, 0.05) is 25.4 Å². The maximum atomic E-state index is 6.01. The molecule has 0 N–H and O–H groups in total. The summed E-state index contributed by atoms with van der Waals surface area (Å²) in [5, 5.41) is 0. The number of hydrogen-bond acceptors (Lipinski definition) is 3. The van der Waals surface area contributed by atoms with E-state index in [1.54, 1.807) is 0 Å². The Bertz CT molecular complexity index is 473. The third-order valence-electron chi connectivity index (χ3n) is 6.38. The summed E-state index contributed by atoms with van der Waals surface area (Å²) in [7, 11) is -2.47. The van der Waals surface area contributed by atoms with E-state index in [2.05, 4.69) is 31.2 Å². The van der Waals surface area contributed by atoms with E-state index in [1.165, 1.54) is 25.7 Å². The molecule has 0 aromatic rings. The molecule has 0 radical (unpaired) electrons. The molecule has 2 saturated carbocycles. The zero-order chi connectivity index (χ0) is 17.9. The van der Waals surface area contributed by atoms with E-state index in [0.29, 0.717) is 31.3 Å². The molecule has 142 valence electrons. The van der Waals surface area contributed by atoms with E-state index < -0.39 is 8.80 Å². The van der Waals surface area contributed by atoms with Crippen molar-refractivity contribution in [3.8, 4) is 0 Å². The normalized spacial score (nSPS) is 37.6. The van der Waals surface area contributed by atoms with Crippen molar-refractivity contribution < 1.29 is 13.3 Å². The minimum Gasteiger partial charge on any atom is -0.374 e. The molecule has 0 aromatic heterocycles.